The molecule has 2 aromatic heterocycles. The Labute approximate surface area is 477 Å². The number of carbonyl (C=O) groups excluding carboxylic acids is 5. The number of aromatic nitrogens is 2. The molecule has 22 heteroatoms. The van der Waals surface area contributed by atoms with Crippen molar-refractivity contribution < 1.29 is 51.0 Å². The van der Waals surface area contributed by atoms with Gasteiger partial charge in [-0.15, -0.1) is 0 Å². The number of thiol groups is 1. The average molecular weight is 1150 g/mol. The van der Waals surface area contributed by atoms with Gasteiger partial charge in [0.2, 0.25) is 6.41 Å². The number of benzene rings is 4. The van der Waals surface area contributed by atoms with Gasteiger partial charge in [0.05, 0.1) is 53.6 Å². The van der Waals surface area contributed by atoms with Crippen LogP contribution in [0, 0.1) is 11.3 Å². The second kappa shape index (κ2) is 36.4. The molecule has 1 aliphatic heterocycles. The smallest absolute Gasteiger partial charge is 0.261 e. The topological polar surface area (TPSA) is 217 Å². The fraction of sp³-hybridized carbons (Fsp3) is 0.305. The molecular formula is C59H68F4N9O7PS. The van der Waals surface area contributed by atoms with E-state index in [0.29, 0.717) is 65.7 Å². The van der Waals surface area contributed by atoms with Gasteiger partial charge in [0.15, 0.2) is 0 Å². The molecule has 0 radical (unpaired) electrons. The average Bonchev–Trinajstić information content (AvgIpc) is 3.87. The van der Waals surface area contributed by atoms with Crippen molar-refractivity contribution in [3.63, 3.8) is 0 Å². The first kappa shape index (κ1) is 67.4. The summed E-state index contributed by atoms with van der Waals surface area (Å²) in [6.07, 6.45) is 8.65. The predicted octanol–water partition coefficient (Wildman–Crippen LogP) is 9.91. The summed E-state index contributed by atoms with van der Waals surface area (Å²) in [4.78, 5) is 69.2. The highest BCUT2D eigenvalue weighted by molar-refractivity contribution is 8.31. The number of carbonyl (C=O) groups is 5. The van der Waals surface area contributed by atoms with Gasteiger partial charge in [-0.1, -0.05) is 57.5 Å². The van der Waals surface area contributed by atoms with Crippen molar-refractivity contribution in [3.05, 3.63) is 145 Å². The minimum absolute atomic E-state index is 0.0312. The number of fused-ring (bicyclic) bond motifs is 2. The Bertz CT molecular complexity index is 3040. The summed E-state index contributed by atoms with van der Waals surface area (Å²) >= 11 is 3.44. The molecule has 1 aliphatic rings. The number of nitrogens with zero attached hydrogens (tertiary/aromatic N) is 5. The normalized spacial score (nSPS) is 12.8. The molecule has 0 saturated carbocycles. The Balaban J connectivity index is 0.000000733. The molecule has 4 N–H and O–H groups in total. The van der Waals surface area contributed by atoms with Crippen LogP contribution < -0.4 is 30.7 Å². The summed E-state index contributed by atoms with van der Waals surface area (Å²) in [5, 5.41) is 20.7. The van der Waals surface area contributed by atoms with Gasteiger partial charge in [-0.05, 0) is 123 Å². The summed E-state index contributed by atoms with van der Waals surface area (Å²) in [5.74, 6) is -5.10. The molecule has 2 atom stereocenters. The van der Waals surface area contributed by atoms with Crippen molar-refractivity contribution in [2.24, 2.45) is 4.99 Å². The third-order valence-corrected chi connectivity index (χ3v) is 11.7. The maximum atomic E-state index is 14.4. The number of nitrogens with one attached hydrogen (secondary N) is 4. The summed E-state index contributed by atoms with van der Waals surface area (Å²) in [6.45, 7) is 11.9. The number of hydrogen-bond acceptors (Lipinski definition) is 14. The largest absolute Gasteiger partial charge is 0.494 e. The molecule has 2 unspecified atom stereocenters. The van der Waals surface area contributed by atoms with Crippen molar-refractivity contribution in [1.82, 2.24) is 36.1 Å². The number of rotatable bonds is 24. The minimum Gasteiger partial charge on any atom is -0.494 e. The first-order valence-corrected chi connectivity index (χ1v) is 27.5. The van der Waals surface area contributed by atoms with Gasteiger partial charge >= 0.3 is 0 Å². The molecule has 7 rings (SSSR count). The molecule has 1 fully saturated rings. The number of allylic oxidation sites excluding steroid dienone is 2. The minimum atomic E-state index is -3.27. The van der Waals surface area contributed by atoms with Gasteiger partial charge in [0.25, 0.3) is 23.7 Å². The van der Waals surface area contributed by atoms with Crippen LogP contribution in [0.3, 0.4) is 0 Å². The van der Waals surface area contributed by atoms with E-state index in [4.69, 9.17) is 19.5 Å². The highest BCUT2D eigenvalue weighted by Crippen LogP contribution is 2.30. The van der Waals surface area contributed by atoms with Crippen LogP contribution in [-0.2, 0) is 14.4 Å². The summed E-state index contributed by atoms with van der Waals surface area (Å²) in [7, 11) is 3.82. The van der Waals surface area contributed by atoms with E-state index in [1.54, 1.807) is 42.6 Å². The zero-order chi connectivity index (χ0) is 59.6. The van der Waals surface area contributed by atoms with Crippen LogP contribution in [-0.4, -0.2) is 130 Å². The lowest BCUT2D eigenvalue weighted by atomic mass is 10.0. The number of aldehydes is 1. The number of ether oxygens (including phenoxy) is 2. The van der Waals surface area contributed by atoms with E-state index in [-0.39, 0.29) is 43.9 Å². The first-order chi connectivity index (χ1) is 39.1. The SMILES string of the molecule is C=C(/C=C\C)N=CC.C=O.CN1CCC(F)(F)C1.N#CC(CC(F)(F)CCNC(=O)c1ccnc2ccc(-c3ccc(OCCCNCCOc4ccc(-c5ccc6nccc(C(=O)NCC=O)c6c5)cc4)cc3)cc12)NC=O.PS. The zero-order valence-corrected chi connectivity index (χ0v) is 47.4. The summed E-state index contributed by atoms with van der Waals surface area (Å²) in [6, 6.07) is 30.0. The number of halogens is 4. The standard InChI is InChI=1S/C46H43F2N7O6.C7H11N.C5H9F2N.CH2O.H3PS/c47-46(48,28-35(29-49)55-30-57)16-20-53-44(58)38-14-18-51-42-12-6-33(26-40(38)42)31-2-8-36(9-3-31)60-24-1-17-50-22-25-61-37-10-4-32(5-11-37)34-7-13-43-41(27-34)39(15-19-52-43)45(59)54-21-23-56;1-4-6-7(3)8-5-2;1-8-3-2-5(6,7)4-8;2*1-2/h2-15,18-19,23,26-27,30,35,50H,1,16-17,20-22,24-25,28H2,(H,53,58)(H,54,59)(H,55,57);4-6H,3H2,1-2H3;2-4H2,1H3;1H2;2H,1H2/b;6-4-,8-5?;;;. The lowest BCUT2D eigenvalue weighted by Gasteiger charge is -2.19. The fourth-order valence-electron chi connectivity index (χ4n) is 7.91. The molecule has 6 aromatic rings. The van der Waals surface area contributed by atoms with E-state index in [9.17, 15) is 36.7 Å². The maximum Gasteiger partial charge on any atom is 0.261 e. The van der Waals surface area contributed by atoms with Crippen molar-refractivity contribution in [1.29, 1.82) is 5.26 Å². The monoisotopic (exact) mass is 1150 g/mol. The second-order valence-corrected chi connectivity index (χ2v) is 17.7. The summed E-state index contributed by atoms with van der Waals surface area (Å²) in [5.41, 5.74) is 6.38. The maximum absolute atomic E-state index is 14.4. The molecule has 3 heterocycles. The second-order valence-electron chi connectivity index (χ2n) is 17.7. The van der Waals surface area contributed by atoms with Gasteiger partial charge in [0.1, 0.15) is 37.2 Å². The molecule has 0 bridgehead atoms. The van der Waals surface area contributed by atoms with Gasteiger partial charge in [-0.25, -0.2) is 17.6 Å². The van der Waals surface area contributed by atoms with Gasteiger partial charge in [0, 0.05) is 68.3 Å². The van der Waals surface area contributed by atoms with E-state index in [1.807, 2.05) is 112 Å². The number of nitriles is 1. The lowest BCUT2D eigenvalue weighted by Crippen LogP contribution is -2.36. The number of alkyl halides is 4. The van der Waals surface area contributed by atoms with Crippen molar-refractivity contribution >= 4 is 80.0 Å². The number of hydrogen-bond donors (Lipinski definition) is 5. The van der Waals surface area contributed by atoms with Crippen LogP contribution in [0.5, 0.6) is 11.5 Å². The Morgan fingerprint density at radius 2 is 1.36 bits per heavy atom. The van der Waals surface area contributed by atoms with E-state index in [1.165, 1.54) is 12.3 Å². The van der Waals surface area contributed by atoms with Crippen molar-refractivity contribution in [2.45, 2.75) is 57.4 Å². The van der Waals surface area contributed by atoms with Crippen molar-refractivity contribution in [2.75, 3.05) is 59.5 Å². The summed E-state index contributed by atoms with van der Waals surface area (Å²) < 4.78 is 64.9. The molecule has 430 valence electrons. The van der Waals surface area contributed by atoms with Crippen LogP contribution in [0.2, 0.25) is 0 Å². The number of amides is 3. The Morgan fingerprint density at radius 3 is 1.81 bits per heavy atom. The van der Waals surface area contributed by atoms with E-state index < -0.39 is 36.6 Å². The predicted molar refractivity (Wildman–Crippen MR) is 317 cm³/mol. The quantitative estimate of drug-likeness (QED) is 0.00728. The van der Waals surface area contributed by atoms with Crippen LogP contribution >= 0.6 is 20.7 Å². The third kappa shape index (κ3) is 23.4. The fourth-order valence-corrected chi connectivity index (χ4v) is 7.91. The Kier molecular flexibility index (Phi) is 30.3. The molecule has 16 nitrogen and oxygen atoms in total. The van der Waals surface area contributed by atoms with Gasteiger partial charge in [-0.3, -0.25) is 29.3 Å². The highest BCUT2D eigenvalue weighted by atomic mass is 32.7. The lowest BCUT2D eigenvalue weighted by molar-refractivity contribution is -0.110. The number of aliphatic imine (C=N–C) groups is 1. The van der Waals surface area contributed by atoms with Gasteiger partial charge < -0.3 is 45.2 Å². The van der Waals surface area contributed by atoms with Crippen LogP contribution in [0.25, 0.3) is 44.1 Å². The zero-order valence-electron chi connectivity index (χ0n) is 45.4. The molecule has 0 aliphatic carbocycles. The van der Waals surface area contributed by atoms with Gasteiger partial charge in [-0.2, -0.15) is 17.5 Å². The molecule has 3 amide bonds. The molecule has 0 spiro atoms. The molecule has 1 saturated heterocycles. The van der Waals surface area contributed by atoms with Crippen LogP contribution in [0.4, 0.5) is 17.6 Å². The first-order valence-electron chi connectivity index (χ1n) is 25.4. The Morgan fingerprint density at radius 1 is 0.827 bits per heavy atom. The number of pyridine rings is 2. The van der Waals surface area contributed by atoms with E-state index in [2.05, 4.69) is 63.5 Å². The highest BCUT2D eigenvalue weighted by Gasteiger charge is 2.36. The van der Waals surface area contributed by atoms with E-state index >= 15 is 0 Å². The third-order valence-electron chi connectivity index (χ3n) is 11.7. The van der Waals surface area contributed by atoms with Crippen LogP contribution in [0.1, 0.15) is 60.2 Å². The molecule has 81 heavy (non-hydrogen) atoms. The molecule has 4 aromatic carbocycles. The molecular weight excluding hydrogens is 1090 g/mol. The van der Waals surface area contributed by atoms with Crippen LogP contribution in [0.15, 0.2) is 139 Å². The van der Waals surface area contributed by atoms with Crippen molar-refractivity contribution in [3.8, 4) is 39.8 Å². The van der Waals surface area contributed by atoms with E-state index in [0.717, 1.165) is 46.7 Å². The Hall–Kier alpha value is -7.89. The number of likely N-dealkylation sites (tertiary alicyclic amines) is 1.